The molecule has 0 unspecified atom stereocenters. The molecule has 0 saturated heterocycles. The molecule has 0 saturated carbocycles. The molecule has 0 radical (unpaired) electrons. The van der Waals surface area contributed by atoms with Crippen molar-refractivity contribution in [3.8, 4) is 22.9 Å². The molecule has 0 aliphatic heterocycles. The molecule has 0 bridgehead atoms. The number of H-pyrrole nitrogens is 1. The van der Waals surface area contributed by atoms with Gasteiger partial charge in [-0.3, -0.25) is 5.10 Å². The Morgan fingerprint density at radius 2 is 1.88 bits per heavy atom. The van der Waals surface area contributed by atoms with Crippen LogP contribution in [0.4, 0.5) is 24.8 Å². The van der Waals surface area contributed by atoms with E-state index in [2.05, 4.69) is 25.5 Å². The second kappa shape index (κ2) is 8.79. The Hall–Kier alpha value is -4.12. The van der Waals surface area contributed by atoms with Crippen LogP contribution >= 0.6 is 11.6 Å². The number of aromatic carboxylic acids is 1. The molecule has 0 spiro atoms. The van der Waals surface area contributed by atoms with Crippen molar-refractivity contribution in [1.29, 1.82) is 0 Å². The van der Waals surface area contributed by atoms with Crippen LogP contribution in [0.2, 0.25) is 5.02 Å². The summed E-state index contributed by atoms with van der Waals surface area (Å²) in [6.45, 7) is 0. The summed E-state index contributed by atoms with van der Waals surface area (Å²) in [6, 6.07) is 12.9. The highest BCUT2D eigenvalue weighted by molar-refractivity contribution is 6.31. The SMILES string of the molecule is O=C(O)c1cc(Oc2cccc(-c3nc(Nc4ccc(Cl)c(C(F)(F)F)c4)n[nH]3)c2)ccn1. The molecule has 4 rings (SSSR count). The maximum absolute atomic E-state index is 13.1. The molecule has 0 atom stereocenters. The average Bonchev–Trinajstić information content (AvgIpc) is 3.23. The summed E-state index contributed by atoms with van der Waals surface area (Å²) in [4.78, 5) is 19.0. The van der Waals surface area contributed by atoms with E-state index in [9.17, 15) is 18.0 Å². The second-order valence-corrected chi connectivity index (χ2v) is 7.04. The Balaban J connectivity index is 1.52. The van der Waals surface area contributed by atoms with E-state index in [1.807, 2.05) is 0 Å². The topological polar surface area (TPSA) is 113 Å². The van der Waals surface area contributed by atoms with E-state index in [4.69, 9.17) is 21.4 Å². The molecule has 3 N–H and O–H groups in total. The number of anilines is 2. The van der Waals surface area contributed by atoms with Crippen molar-refractivity contribution in [2.45, 2.75) is 6.18 Å². The third-order valence-electron chi connectivity index (χ3n) is 4.31. The summed E-state index contributed by atoms with van der Waals surface area (Å²) in [5.41, 5.74) is -0.448. The van der Waals surface area contributed by atoms with Gasteiger partial charge in [-0.25, -0.2) is 9.78 Å². The molecule has 0 aliphatic rings. The molecule has 8 nitrogen and oxygen atoms in total. The quantitative estimate of drug-likeness (QED) is 0.324. The Bertz CT molecular complexity index is 1330. The summed E-state index contributed by atoms with van der Waals surface area (Å²) in [6.07, 6.45) is -3.28. The number of aromatic nitrogens is 4. The molecule has 2 aromatic carbocycles. The molecule has 2 aromatic heterocycles. The number of carboxylic acids is 1. The summed E-state index contributed by atoms with van der Waals surface area (Å²) < 4.78 is 44.9. The van der Waals surface area contributed by atoms with Gasteiger partial charge in [0.05, 0.1) is 10.6 Å². The zero-order valence-corrected chi connectivity index (χ0v) is 17.1. The molecule has 4 aromatic rings. The summed E-state index contributed by atoms with van der Waals surface area (Å²) in [5, 5.41) is 18.0. The normalized spacial score (nSPS) is 11.3. The maximum Gasteiger partial charge on any atom is 0.417 e. The minimum Gasteiger partial charge on any atom is -0.477 e. The Kier molecular flexibility index (Phi) is 5.88. The molecule has 0 amide bonds. The predicted molar refractivity (Wildman–Crippen MR) is 113 cm³/mol. The molecule has 12 heteroatoms. The number of hydrogen-bond acceptors (Lipinski definition) is 6. The van der Waals surface area contributed by atoms with E-state index in [0.717, 1.165) is 12.1 Å². The van der Waals surface area contributed by atoms with Crippen molar-refractivity contribution in [2.24, 2.45) is 0 Å². The van der Waals surface area contributed by atoms with Crippen LogP contribution in [-0.2, 0) is 6.18 Å². The van der Waals surface area contributed by atoms with Crippen LogP contribution < -0.4 is 10.1 Å². The average molecular weight is 476 g/mol. The fraction of sp³-hybridized carbons (Fsp3) is 0.0476. The van der Waals surface area contributed by atoms with Crippen LogP contribution in [0, 0.1) is 0 Å². The lowest BCUT2D eigenvalue weighted by molar-refractivity contribution is -0.137. The van der Waals surface area contributed by atoms with Gasteiger partial charge >= 0.3 is 12.1 Å². The van der Waals surface area contributed by atoms with Crippen molar-refractivity contribution in [3.63, 3.8) is 0 Å². The first-order chi connectivity index (χ1) is 15.7. The number of alkyl halides is 3. The van der Waals surface area contributed by atoms with Crippen molar-refractivity contribution in [2.75, 3.05) is 5.32 Å². The van der Waals surface area contributed by atoms with E-state index in [1.54, 1.807) is 24.3 Å². The van der Waals surface area contributed by atoms with Crippen molar-refractivity contribution >= 4 is 29.2 Å². The Morgan fingerprint density at radius 1 is 1.09 bits per heavy atom. The standard InChI is InChI=1S/C21H13ClF3N5O3/c22-16-5-4-12(9-15(16)21(23,24)25)27-20-28-18(29-30-20)11-2-1-3-13(8-11)33-14-6-7-26-17(10-14)19(31)32/h1-10H,(H,31,32)(H2,27,28,29,30). The summed E-state index contributed by atoms with van der Waals surface area (Å²) >= 11 is 5.64. The van der Waals surface area contributed by atoms with Gasteiger partial charge < -0.3 is 15.2 Å². The van der Waals surface area contributed by atoms with E-state index in [-0.39, 0.29) is 23.1 Å². The van der Waals surface area contributed by atoms with E-state index in [1.165, 1.54) is 24.4 Å². The number of rotatable bonds is 6. The molecule has 0 fully saturated rings. The lowest BCUT2D eigenvalue weighted by atomic mass is 10.2. The van der Waals surface area contributed by atoms with Gasteiger partial charge in [-0.05, 0) is 36.4 Å². The molecule has 33 heavy (non-hydrogen) atoms. The van der Waals surface area contributed by atoms with Gasteiger partial charge in [0, 0.05) is 23.5 Å². The smallest absolute Gasteiger partial charge is 0.417 e. The van der Waals surface area contributed by atoms with Gasteiger partial charge in [-0.15, -0.1) is 5.10 Å². The molecule has 0 aliphatic carbocycles. The molecule has 2 heterocycles. The number of ether oxygens (including phenoxy) is 1. The van der Waals surface area contributed by atoms with Crippen LogP contribution in [0.25, 0.3) is 11.4 Å². The van der Waals surface area contributed by atoms with E-state index in [0.29, 0.717) is 17.1 Å². The Morgan fingerprint density at radius 3 is 2.64 bits per heavy atom. The van der Waals surface area contributed by atoms with Crippen molar-refractivity contribution in [1.82, 2.24) is 20.2 Å². The lowest BCUT2D eigenvalue weighted by Crippen LogP contribution is -2.06. The maximum atomic E-state index is 13.1. The summed E-state index contributed by atoms with van der Waals surface area (Å²) in [5.74, 6) is -0.129. The van der Waals surface area contributed by atoms with Gasteiger partial charge in [-0.2, -0.15) is 18.2 Å². The van der Waals surface area contributed by atoms with Crippen LogP contribution in [-0.4, -0.2) is 31.2 Å². The second-order valence-electron chi connectivity index (χ2n) is 6.64. The van der Waals surface area contributed by atoms with E-state index >= 15 is 0 Å². The highest BCUT2D eigenvalue weighted by atomic mass is 35.5. The van der Waals surface area contributed by atoms with Crippen LogP contribution in [0.3, 0.4) is 0 Å². The highest BCUT2D eigenvalue weighted by Crippen LogP contribution is 2.36. The number of halogens is 4. The molecular weight excluding hydrogens is 463 g/mol. The monoisotopic (exact) mass is 475 g/mol. The number of aromatic amines is 1. The van der Waals surface area contributed by atoms with Gasteiger partial charge in [0.2, 0.25) is 5.95 Å². The van der Waals surface area contributed by atoms with Crippen molar-refractivity contribution < 1.29 is 27.8 Å². The van der Waals surface area contributed by atoms with Crippen LogP contribution in [0.1, 0.15) is 16.1 Å². The van der Waals surface area contributed by atoms with Gasteiger partial charge in [0.1, 0.15) is 11.5 Å². The lowest BCUT2D eigenvalue weighted by Gasteiger charge is -2.10. The Labute approximate surface area is 189 Å². The predicted octanol–water partition coefficient (Wildman–Crippen LogP) is 5.77. The third kappa shape index (κ3) is 5.21. The van der Waals surface area contributed by atoms with Gasteiger partial charge in [0.25, 0.3) is 0 Å². The fourth-order valence-electron chi connectivity index (χ4n) is 2.83. The number of benzene rings is 2. The van der Waals surface area contributed by atoms with Gasteiger partial charge in [0.15, 0.2) is 11.5 Å². The first-order valence-corrected chi connectivity index (χ1v) is 9.60. The number of pyridine rings is 1. The van der Waals surface area contributed by atoms with E-state index < -0.39 is 22.7 Å². The van der Waals surface area contributed by atoms with Gasteiger partial charge in [-0.1, -0.05) is 23.7 Å². The number of nitrogens with one attached hydrogen (secondary N) is 2. The zero-order valence-electron chi connectivity index (χ0n) is 16.4. The fourth-order valence-corrected chi connectivity index (χ4v) is 3.06. The van der Waals surface area contributed by atoms with Crippen LogP contribution in [0.15, 0.2) is 60.8 Å². The minimum atomic E-state index is -4.60. The third-order valence-corrected chi connectivity index (χ3v) is 4.64. The first kappa shape index (κ1) is 22.1. The van der Waals surface area contributed by atoms with Crippen LogP contribution in [0.5, 0.6) is 11.5 Å². The largest absolute Gasteiger partial charge is 0.477 e. The highest BCUT2D eigenvalue weighted by Gasteiger charge is 2.33. The summed E-state index contributed by atoms with van der Waals surface area (Å²) in [7, 11) is 0. The van der Waals surface area contributed by atoms with Crippen molar-refractivity contribution in [3.05, 3.63) is 77.1 Å². The number of carbonyl (C=O) groups is 1. The minimum absolute atomic E-state index is 0.0482. The number of nitrogens with zero attached hydrogens (tertiary/aromatic N) is 3. The molecular formula is C21H13ClF3N5O3. The number of hydrogen-bond donors (Lipinski definition) is 3. The first-order valence-electron chi connectivity index (χ1n) is 9.23. The number of carboxylic acid groups (broad SMARTS) is 1. The molecule has 168 valence electrons. The zero-order chi connectivity index (χ0) is 23.6.